The van der Waals surface area contributed by atoms with Gasteiger partial charge in [0.1, 0.15) is 5.57 Å². The zero-order valence-electron chi connectivity index (χ0n) is 14.9. The number of ether oxygens (including phenoxy) is 2. The van der Waals surface area contributed by atoms with Crippen LogP contribution in [0.5, 0.6) is 17.2 Å². The Balaban J connectivity index is 2.07. The van der Waals surface area contributed by atoms with E-state index < -0.39 is 17.8 Å². The standard InChI is InChI=1S/C19H15ClN2O6/c1-27-14-7-10(8-15(28-2)16(14)23)6-13-17(24)21-19(26)22(18(13)25)12-5-3-4-11(20)9-12/h3-9,23H,1-2H3,(H,21,24,26)/b13-6-. The summed E-state index contributed by atoms with van der Waals surface area (Å²) in [4.78, 5) is 38.1. The lowest BCUT2D eigenvalue weighted by molar-refractivity contribution is -0.122. The van der Waals surface area contributed by atoms with Gasteiger partial charge in [-0.25, -0.2) is 9.69 Å². The molecule has 0 unspecified atom stereocenters. The van der Waals surface area contributed by atoms with Crippen LogP contribution in [0.1, 0.15) is 5.56 Å². The first-order chi connectivity index (χ1) is 13.3. The van der Waals surface area contributed by atoms with Gasteiger partial charge in [-0.05, 0) is 42.0 Å². The van der Waals surface area contributed by atoms with E-state index in [1.807, 2.05) is 0 Å². The number of phenolic OH excluding ortho intramolecular Hbond substituents is 1. The second kappa shape index (κ2) is 7.61. The summed E-state index contributed by atoms with van der Waals surface area (Å²) >= 11 is 5.93. The fraction of sp³-hybridized carbons (Fsp3) is 0.105. The van der Waals surface area contributed by atoms with Crippen molar-refractivity contribution in [2.24, 2.45) is 0 Å². The third kappa shape index (κ3) is 3.49. The number of urea groups is 1. The van der Waals surface area contributed by atoms with Crippen molar-refractivity contribution in [3.63, 3.8) is 0 Å². The molecule has 0 bridgehead atoms. The van der Waals surface area contributed by atoms with Gasteiger partial charge >= 0.3 is 6.03 Å². The van der Waals surface area contributed by atoms with Crippen LogP contribution in [0.15, 0.2) is 42.0 Å². The third-order valence-electron chi connectivity index (χ3n) is 3.98. The maximum Gasteiger partial charge on any atom is 0.335 e. The lowest BCUT2D eigenvalue weighted by Crippen LogP contribution is -2.54. The molecule has 1 fully saturated rings. The fourth-order valence-corrected chi connectivity index (χ4v) is 2.86. The highest BCUT2D eigenvalue weighted by Crippen LogP contribution is 2.38. The topological polar surface area (TPSA) is 105 Å². The molecule has 0 aliphatic carbocycles. The van der Waals surface area contributed by atoms with Crippen molar-refractivity contribution >= 4 is 41.2 Å². The minimum Gasteiger partial charge on any atom is -0.502 e. The normalized spacial score (nSPS) is 15.6. The van der Waals surface area contributed by atoms with E-state index in [0.717, 1.165) is 4.90 Å². The lowest BCUT2D eigenvalue weighted by Gasteiger charge is -2.26. The smallest absolute Gasteiger partial charge is 0.335 e. The Morgan fingerprint density at radius 1 is 1.07 bits per heavy atom. The third-order valence-corrected chi connectivity index (χ3v) is 4.22. The van der Waals surface area contributed by atoms with Crippen LogP contribution in [0.4, 0.5) is 10.5 Å². The number of hydrogen-bond donors (Lipinski definition) is 2. The monoisotopic (exact) mass is 402 g/mol. The molecule has 0 spiro atoms. The number of anilines is 1. The van der Waals surface area contributed by atoms with Crippen LogP contribution in [-0.4, -0.2) is 37.2 Å². The van der Waals surface area contributed by atoms with Crippen LogP contribution in [0.25, 0.3) is 6.08 Å². The molecule has 1 saturated heterocycles. The second-order valence-electron chi connectivity index (χ2n) is 5.71. The van der Waals surface area contributed by atoms with E-state index in [2.05, 4.69) is 5.32 Å². The zero-order chi connectivity index (χ0) is 20.4. The second-order valence-corrected chi connectivity index (χ2v) is 6.15. The number of carbonyl (C=O) groups is 3. The molecule has 1 aliphatic heterocycles. The highest BCUT2D eigenvalue weighted by Gasteiger charge is 2.37. The summed E-state index contributed by atoms with van der Waals surface area (Å²) < 4.78 is 10.1. The Morgan fingerprint density at radius 2 is 1.71 bits per heavy atom. The van der Waals surface area contributed by atoms with Crippen LogP contribution in [0.2, 0.25) is 5.02 Å². The molecule has 1 aliphatic rings. The Hall–Kier alpha value is -3.52. The average Bonchev–Trinajstić information content (AvgIpc) is 2.66. The van der Waals surface area contributed by atoms with Crippen LogP contribution in [0.3, 0.4) is 0 Å². The van der Waals surface area contributed by atoms with Crippen LogP contribution >= 0.6 is 11.6 Å². The number of hydrogen-bond acceptors (Lipinski definition) is 6. The van der Waals surface area contributed by atoms with E-state index in [1.165, 1.54) is 44.6 Å². The number of halogens is 1. The quantitative estimate of drug-likeness (QED) is 0.601. The molecule has 9 heteroatoms. The van der Waals surface area contributed by atoms with Gasteiger partial charge in [0, 0.05) is 5.02 Å². The van der Waals surface area contributed by atoms with E-state index in [-0.39, 0.29) is 28.5 Å². The van der Waals surface area contributed by atoms with Crippen LogP contribution in [0, 0.1) is 0 Å². The van der Waals surface area contributed by atoms with Crippen LogP contribution < -0.4 is 19.7 Å². The number of rotatable bonds is 4. The molecule has 0 saturated carbocycles. The average molecular weight is 403 g/mol. The molecule has 0 radical (unpaired) electrons. The minimum atomic E-state index is -0.879. The predicted molar refractivity (Wildman–Crippen MR) is 102 cm³/mol. The van der Waals surface area contributed by atoms with Crippen molar-refractivity contribution in [2.75, 3.05) is 19.1 Å². The molecule has 28 heavy (non-hydrogen) atoms. The minimum absolute atomic E-state index is 0.0950. The summed E-state index contributed by atoms with van der Waals surface area (Å²) in [5, 5.41) is 12.4. The molecule has 2 aromatic rings. The molecular weight excluding hydrogens is 388 g/mol. The molecular formula is C19H15ClN2O6. The maximum atomic E-state index is 12.9. The summed E-state index contributed by atoms with van der Waals surface area (Å²) in [5.74, 6) is -1.70. The number of imide groups is 2. The Labute approximate surface area is 164 Å². The van der Waals surface area contributed by atoms with E-state index in [9.17, 15) is 19.5 Å². The number of phenols is 1. The lowest BCUT2D eigenvalue weighted by atomic mass is 10.1. The van der Waals surface area contributed by atoms with E-state index >= 15 is 0 Å². The number of benzene rings is 2. The molecule has 0 atom stereocenters. The van der Waals surface area contributed by atoms with Crippen molar-refractivity contribution in [2.45, 2.75) is 0 Å². The Kier molecular flexibility index (Phi) is 5.23. The van der Waals surface area contributed by atoms with Gasteiger partial charge in [0.25, 0.3) is 11.8 Å². The predicted octanol–water partition coefficient (Wildman–Crippen LogP) is 2.73. The highest BCUT2D eigenvalue weighted by molar-refractivity contribution is 6.39. The van der Waals surface area contributed by atoms with Gasteiger partial charge in [0.2, 0.25) is 5.75 Å². The van der Waals surface area contributed by atoms with Gasteiger partial charge in [-0.15, -0.1) is 0 Å². The summed E-state index contributed by atoms with van der Waals surface area (Å²) in [6.45, 7) is 0. The maximum absolute atomic E-state index is 12.9. The number of nitrogens with one attached hydrogen (secondary N) is 1. The zero-order valence-corrected chi connectivity index (χ0v) is 15.6. The number of aromatic hydroxyl groups is 1. The number of nitrogens with zero attached hydrogens (tertiary/aromatic N) is 1. The summed E-state index contributed by atoms with van der Waals surface area (Å²) in [6, 6.07) is 8.08. The first kappa shape index (κ1) is 19.2. The first-order valence-corrected chi connectivity index (χ1v) is 8.35. The van der Waals surface area contributed by atoms with Crippen LogP contribution in [-0.2, 0) is 9.59 Å². The van der Waals surface area contributed by atoms with Gasteiger partial charge in [0.15, 0.2) is 11.5 Å². The van der Waals surface area contributed by atoms with Crippen molar-refractivity contribution < 1.29 is 29.0 Å². The number of methoxy groups -OCH3 is 2. The fourth-order valence-electron chi connectivity index (χ4n) is 2.67. The van der Waals surface area contributed by atoms with Crippen molar-refractivity contribution in [3.05, 3.63) is 52.6 Å². The summed E-state index contributed by atoms with van der Waals surface area (Å²) in [7, 11) is 2.70. The Bertz CT molecular complexity index is 992. The molecule has 4 amide bonds. The molecule has 8 nitrogen and oxygen atoms in total. The molecule has 3 rings (SSSR count). The van der Waals surface area contributed by atoms with Gasteiger partial charge in [-0.1, -0.05) is 17.7 Å². The van der Waals surface area contributed by atoms with E-state index in [1.54, 1.807) is 12.1 Å². The molecule has 0 aromatic heterocycles. The van der Waals surface area contributed by atoms with Gasteiger partial charge in [-0.2, -0.15) is 0 Å². The summed E-state index contributed by atoms with van der Waals surface area (Å²) in [5.41, 5.74) is 0.286. The first-order valence-electron chi connectivity index (χ1n) is 7.97. The summed E-state index contributed by atoms with van der Waals surface area (Å²) in [6.07, 6.45) is 1.27. The SMILES string of the molecule is COc1cc(/C=C2/C(=O)NC(=O)N(c3cccc(Cl)c3)C2=O)cc(OC)c1O. The molecule has 2 aromatic carbocycles. The van der Waals surface area contributed by atoms with Crippen molar-refractivity contribution in [1.82, 2.24) is 5.32 Å². The van der Waals surface area contributed by atoms with Gasteiger partial charge in [0.05, 0.1) is 19.9 Å². The number of barbiturate groups is 1. The molecule has 144 valence electrons. The van der Waals surface area contributed by atoms with Crippen molar-refractivity contribution in [1.29, 1.82) is 0 Å². The highest BCUT2D eigenvalue weighted by atomic mass is 35.5. The largest absolute Gasteiger partial charge is 0.502 e. The number of carbonyl (C=O) groups excluding carboxylic acids is 3. The van der Waals surface area contributed by atoms with Crippen molar-refractivity contribution in [3.8, 4) is 17.2 Å². The van der Waals surface area contributed by atoms with E-state index in [4.69, 9.17) is 21.1 Å². The Morgan fingerprint density at radius 3 is 2.29 bits per heavy atom. The molecule has 1 heterocycles. The molecule has 2 N–H and O–H groups in total. The van der Waals surface area contributed by atoms with Gasteiger partial charge in [-0.3, -0.25) is 14.9 Å². The number of amides is 4. The van der Waals surface area contributed by atoms with Gasteiger partial charge < -0.3 is 14.6 Å². The van der Waals surface area contributed by atoms with E-state index in [0.29, 0.717) is 10.6 Å².